The highest BCUT2D eigenvalue weighted by Crippen LogP contribution is 2.34. The highest BCUT2D eigenvalue weighted by molar-refractivity contribution is 8.14. The monoisotopic (exact) mass is 420 g/mol. The molecule has 154 valence electrons. The van der Waals surface area contributed by atoms with Gasteiger partial charge in [-0.15, -0.1) is 0 Å². The molecule has 30 heavy (non-hydrogen) atoms. The predicted octanol–water partition coefficient (Wildman–Crippen LogP) is 4.29. The molecule has 2 heterocycles. The molecule has 0 saturated heterocycles. The van der Waals surface area contributed by atoms with E-state index in [1.165, 1.54) is 11.8 Å². The maximum atomic E-state index is 13.0. The van der Waals surface area contributed by atoms with Gasteiger partial charge in [-0.2, -0.15) is 0 Å². The zero-order chi connectivity index (χ0) is 21.4. The number of amidine groups is 2. The fourth-order valence-electron chi connectivity index (χ4n) is 3.57. The van der Waals surface area contributed by atoms with Gasteiger partial charge in [-0.05, 0) is 43.5 Å². The molecule has 2 aromatic rings. The summed E-state index contributed by atoms with van der Waals surface area (Å²) in [6.45, 7) is 7.95. The fourth-order valence-corrected chi connectivity index (χ4v) is 4.37. The van der Waals surface area contributed by atoms with E-state index in [1.54, 1.807) is 4.90 Å². The molecule has 0 bridgehead atoms. The molecule has 2 aromatic carbocycles. The van der Waals surface area contributed by atoms with Gasteiger partial charge in [0.25, 0.3) is 5.91 Å². The molecule has 0 saturated carbocycles. The molecule has 2 aliphatic rings. The van der Waals surface area contributed by atoms with Crippen molar-refractivity contribution in [2.75, 3.05) is 11.1 Å². The summed E-state index contributed by atoms with van der Waals surface area (Å²) in [5.74, 6) is 0.635. The summed E-state index contributed by atoms with van der Waals surface area (Å²) in [4.78, 5) is 36.5. The van der Waals surface area contributed by atoms with E-state index < -0.39 is 6.04 Å². The number of thioether (sulfide) groups is 1. The molecule has 0 fully saturated rings. The zero-order valence-corrected chi connectivity index (χ0v) is 18.3. The topological polar surface area (TPSA) is 74.1 Å². The Morgan fingerprint density at radius 2 is 1.97 bits per heavy atom. The van der Waals surface area contributed by atoms with Crippen LogP contribution >= 0.6 is 11.8 Å². The number of aliphatic imine (C=N–C) groups is 2. The number of hydrogen-bond donors (Lipinski definition) is 1. The molecule has 6 nitrogen and oxygen atoms in total. The van der Waals surface area contributed by atoms with Crippen LogP contribution in [-0.4, -0.2) is 39.5 Å². The summed E-state index contributed by atoms with van der Waals surface area (Å²) in [5, 5.41) is 3.44. The van der Waals surface area contributed by atoms with Gasteiger partial charge in [0.15, 0.2) is 5.17 Å². The number of amides is 2. The number of aryl methyl sites for hydroxylation is 2. The van der Waals surface area contributed by atoms with Crippen molar-refractivity contribution in [3.8, 4) is 0 Å². The van der Waals surface area contributed by atoms with E-state index in [2.05, 4.69) is 10.3 Å². The molecular formula is C23H24N4O2S. The molecular weight excluding hydrogens is 396 g/mol. The molecule has 1 atom stereocenters. The summed E-state index contributed by atoms with van der Waals surface area (Å²) < 4.78 is 0. The van der Waals surface area contributed by atoms with Crippen LogP contribution in [0.5, 0.6) is 0 Å². The molecule has 0 aliphatic carbocycles. The third-order valence-electron chi connectivity index (χ3n) is 5.12. The minimum Gasteiger partial charge on any atom is -0.325 e. The predicted molar refractivity (Wildman–Crippen MR) is 123 cm³/mol. The number of nitrogens with one attached hydrogen (secondary N) is 1. The van der Waals surface area contributed by atoms with Gasteiger partial charge in [-0.3, -0.25) is 14.6 Å². The number of carbonyl (C=O) groups is 2. The number of carbonyl (C=O) groups excluding carboxylic acids is 2. The molecule has 7 heteroatoms. The van der Waals surface area contributed by atoms with E-state index in [4.69, 9.17) is 4.99 Å². The minimum atomic E-state index is -0.430. The first-order valence-electron chi connectivity index (χ1n) is 9.95. The minimum absolute atomic E-state index is 0.0850. The highest BCUT2D eigenvalue weighted by Gasteiger charge is 2.42. The Labute approximate surface area is 180 Å². The number of anilines is 1. The molecule has 0 aromatic heterocycles. The largest absolute Gasteiger partial charge is 0.325 e. The van der Waals surface area contributed by atoms with E-state index in [0.717, 1.165) is 28.1 Å². The lowest BCUT2D eigenvalue weighted by atomic mass is 10.1. The summed E-state index contributed by atoms with van der Waals surface area (Å²) in [6, 6.07) is 13.1. The smallest absolute Gasteiger partial charge is 0.259 e. The van der Waals surface area contributed by atoms with E-state index >= 15 is 0 Å². The maximum Gasteiger partial charge on any atom is 0.259 e. The highest BCUT2D eigenvalue weighted by atomic mass is 32.2. The van der Waals surface area contributed by atoms with Crippen molar-refractivity contribution >= 4 is 46.0 Å². The van der Waals surface area contributed by atoms with Crippen LogP contribution in [0.3, 0.4) is 0 Å². The Hall–Kier alpha value is -2.93. The summed E-state index contributed by atoms with van der Waals surface area (Å²) >= 11 is 1.25. The number of nitrogens with zero attached hydrogens (tertiary/aromatic N) is 3. The average molecular weight is 421 g/mol. The van der Waals surface area contributed by atoms with Gasteiger partial charge in [0.1, 0.15) is 11.9 Å². The Morgan fingerprint density at radius 3 is 2.70 bits per heavy atom. The first kappa shape index (κ1) is 20.3. The molecule has 0 radical (unpaired) electrons. The van der Waals surface area contributed by atoms with Gasteiger partial charge in [0, 0.05) is 11.3 Å². The number of hydrogen-bond acceptors (Lipinski definition) is 5. The van der Waals surface area contributed by atoms with Gasteiger partial charge in [-0.25, -0.2) is 9.89 Å². The average Bonchev–Trinajstić information content (AvgIpc) is 3.06. The van der Waals surface area contributed by atoms with Gasteiger partial charge in [-0.1, -0.05) is 55.4 Å². The normalized spacial score (nSPS) is 17.4. The summed E-state index contributed by atoms with van der Waals surface area (Å²) in [6.07, 6.45) is 0. The van der Waals surface area contributed by atoms with E-state index in [1.807, 2.05) is 70.2 Å². The first-order valence-corrected chi connectivity index (χ1v) is 10.9. The van der Waals surface area contributed by atoms with Crippen LogP contribution in [-0.2, 0) is 9.59 Å². The second-order valence-electron chi connectivity index (χ2n) is 7.88. The van der Waals surface area contributed by atoms with Crippen LogP contribution in [0.4, 0.5) is 11.4 Å². The van der Waals surface area contributed by atoms with Crippen LogP contribution in [0.2, 0.25) is 0 Å². The van der Waals surface area contributed by atoms with Crippen LogP contribution < -0.4 is 5.32 Å². The van der Waals surface area contributed by atoms with Gasteiger partial charge < -0.3 is 5.32 Å². The molecule has 4 rings (SSSR count). The van der Waals surface area contributed by atoms with Crippen molar-refractivity contribution < 1.29 is 9.59 Å². The van der Waals surface area contributed by atoms with E-state index in [9.17, 15) is 9.59 Å². The van der Waals surface area contributed by atoms with Gasteiger partial charge >= 0.3 is 0 Å². The van der Waals surface area contributed by atoms with Crippen LogP contribution in [0.15, 0.2) is 52.4 Å². The van der Waals surface area contributed by atoms with Gasteiger partial charge in [0.2, 0.25) is 5.91 Å². The third kappa shape index (κ3) is 3.77. The molecule has 0 unspecified atom stereocenters. The number of para-hydroxylation sites is 1. The lowest BCUT2D eigenvalue weighted by Gasteiger charge is -2.25. The van der Waals surface area contributed by atoms with E-state index in [0.29, 0.717) is 11.0 Å². The molecule has 1 N–H and O–H groups in total. The SMILES string of the molecule is Cc1ccc(NC(=O)CSC2=Nc3ccccc3C3=N[C@H](C(C)C)C(=O)N23)c(C)c1. The fraction of sp³-hybridized carbons (Fsp3) is 0.304. The van der Waals surface area contributed by atoms with Gasteiger partial charge in [0.05, 0.1) is 11.4 Å². The second-order valence-corrected chi connectivity index (χ2v) is 8.82. The summed E-state index contributed by atoms with van der Waals surface area (Å²) in [7, 11) is 0. The Bertz CT molecular complexity index is 1090. The number of rotatable bonds is 4. The zero-order valence-electron chi connectivity index (χ0n) is 17.5. The standard InChI is InChI=1S/C23H24N4O2S/c1-13(2)20-22(29)27-21(26-20)16-7-5-6-8-18(16)25-23(27)30-12-19(28)24-17-10-9-14(3)11-15(17)4/h5-11,13,20H,12H2,1-4H3,(H,24,28)/t20-/m1/s1. The second kappa shape index (κ2) is 8.07. The number of fused-ring (bicyclic) bond motifs is 3. The molecule has 2 amide bonds. The molecule has 0 spiro atoms. The Kier molecular flexibility index (Phi) is 5.47. The van der Waals surface area contributed by atoms with E-state index in [-0.39, 0.29) is 23.5 Å². The Morgan fingerprint density at radius 1 is 1.20 bits per heavy atom. The van der Waals surface area contributed by atoms with Crippen molar-refractivity contribution in [2.24, 2.45) is 15.9 Å². The van der Waals surface area contributed by atoms with Crippen molar-refractivity contribution in [3.63, 3.8) is 0 Å². The molecule has 2 aliphatic heterocycles. The lowest BCUT2D eigenvalue weighted by Crippen LogP contribution is -2.42. The van der Waals surface area contributed by atoms with Crippen molar-refractivity contribution in [1.82, 2.24) is 4.90 Å². The van der Waals surface area contributed by atoms with Crippen LogP contribution in [0.25, 0.3) is 0 Å². The van der Waals surface area contributed by atoms with Crippen molar-refractivity contribution in [1.29, 1.82) is 0 Å². The lowest BCUT2D eigenvalue weighted by molar-refractivity contribution is -0.125. The number of benzene rings is 2. The van der Waals surface area contributed by atoms with Crippen molar-refractivity contribution in [3.05, 3.63) is 59.2 Å². The van der Waals surface area contributed by atoms with Crippen molar-refractivity contribution in [2.45, 2.75) is 33.7 Å². The van der Waals surface area contributed by atoms with Crippen LogP contribution in [0, 0.1) is 19.8 Å². The quantitative estimate of drug-likeness (QED) is 0.802. The van der Waals surface area contributed by atoms with Crippen LogP contribution in [0.1, 0.15) is 30.5 Å². The Balaban J connectivity index is 1.55. The first-order chi connectivity index (χ1) is 14.3. The maximum absolute atomic E-state index is 13.0. The summed E-state index contributed by atoms with van der Waals surface area (Å²) in [5.41, 5.74) is 4.57. The third-order valence-corrected chi connectivity index (χ3v) is 6.06.